The summed E-state index contributed by atoms with van der Waals surface area (Å²) in [5.74, 6) is 1.28. The predicted octanol–water partition coefficient (Wildman–Crippen LogP) is 2.60. The van der Waals surface area contributed by atoms with E-state index in [1.807, 2.05) is 6.92 Å². The van der Waals surface area contributed by atoms with Crippen LogP contribution in [0.2, 0.25) is 0 Å². The van der Waals surface area contributed by atoms with Crippen LogP contribution in [0.25, 0.3) is 0 Å². The molecule has 1 fully saturated rings. The average Bonchev–Trinajstić information content (AvgIpc) is 2.87. The maximum absolute atomic E-state index is 5.78. The fourth-order valence-corrected chi connectivity index (χ4v) is 3.10. The number of hydrogen-bond donors (Lipinski definition) is 1. The molecule has 0 bridgehead atoms. The lowest BCUT2D eigenvalue weighted by molar-refractivity contribution is 0.0539. The highest BCUT2D eigenvalue weighted by molar-refractivity contribution is 7.09. The number of rotatable bonds is 5. The third-order valence-electron chi connectivity index (χ3n) is 3.30. The number of aromatic nitrogens is 1. The largest absolute Gasteiger partial charge is 0.378 e. The van der Waals surface area contributed by atoms with Crippen LogP contribution in [0.5, 0.6) is 0 Å². The van der Waals surface area contributed by atoms with Crippen LogP contribution < -0.4 is 5.32 Å². The molecule has 1 aromatic heterocycles. The quantitative estimate of drug-likeness (QED) is 0.877. The second-order valence-electron chi connectivity index (χ2n) is 5.12. The number of hydrogen-bond acceptors (Lipinski definition) is 4. The molecule has 1 aliphatic heterocycles. The van der Waals surface area contributed by atoms with Crippen molar-refractivity contribution in [1.82, 2.24) is 10.3 Å². The summed E-state index contributed by atoms with van der Waals surface area (Å²) in [7, 11) is 0. The van der Waals surface area contributed by atoms with Crippen LogP contribution in [0, 0.1) is 18.8 Å². The van der Waals surface area contributed by atoms with Gasteiger partial charge in [-0.15, -0.1) is 11.3 Å². The van der Waals surface area contributed by atoms with Gasteiger partial charge in [0.15, 0.2) is 0 Å². The first kappa shape index (κ1) is 13.0. The molecule has 0 amide bonds. The smallest absolute Gasteiger partial charge is 0.0897 e. The van der Waals surface area contributed by atoms with Crippen LogP contribution >= 0.6 is 11.3 Å². The van der Waals surface area contributed by atoms with Crippen LogP contribution in [0.1, 0.15) is 31.0 Å². The van der Waals surface area contributed by atoms with E-state index in [1.165, 1.54) is 6.42 Å². The second kappa shape index (κ2) is 5.94. The Morgan fingerprint density at radius 3 is 3.06 bits per heavy atom. The van der Waals surface area contributed by atoms with Crippen molar-refractivity contribution < 1.29 is 4.74 Å². The van der Waals surface area contributed by atoms with Gasteiger partial charge in [0.1, 0.15) is 0 Å². The molecule has 96 valence electrons. The third kappa shape index (κ3) is 3.50. The van der Waals surface area contributed by atoms with Crippen LogP contribution in [-0.2, 0) is 11.3 Å². The Hall–Kier alpha value is -0.450. The summed E-state index contributed by atoms with van der Waals surface area (Å²) in [5, 5.41) is 6.78. The molecule has 1 aromatic rings. The van der Waals surface area contributed by atoms with Crippen molar-refractivity contribution in [3.63, 3.8) is 0 Å². The average molecular weight is 254 g/mol. The molecular weight excluding hydrogens is 232 g/mol. The molecule has 0 saturated carbocycles. The Balaban J connectivity index is 1.74. The minimum absolute atomic E-state index is 0.430. The van der Waals surface area contributed by atoms with E-state index < -0.39 is 0 Å². The first-order valence-electron chi connectivity index (χ1n) is 6.40. The van der Waals surface area contributed by atoms with Gasteiger partial charge in [-0.2, -0.15) is 0 Å². The highest BCUT2D eigenvalue weighted by atomic mass is 32.1. The molecule has 0 aliphatic carbocycles. The van der Waals surface area contributed by atoms with E-state index in [2.05, 4.69) is 29.5 Å². The number of aryl methyl sites for hydroxylation is 1. The van der Waals surface area contributed by atoms with Crippen molar-refractivity contribution in [3.8, 4) is 0 Å². The van der Waals surface area contributed by atoms with E-state index in [9.17, 15) is 0 Å². The molecule has 0 spiro atoms. The van der Waals surface area contributed by atoms with Crippen LogP contribution in [0.3, 0.4) is 0 Å². The Morgan fingerprint density at radius 2 is 2.41 bits per heavy atom. The van der Waals surface area contributed by atoms with Crippen molar-refractivity contribution in [3.05, 3.63) is 16.1 Å². The third-order valence-corrected chi connectivity index (χ3v) is 4.12. The summed E-state index contributed by atoms with van der Waals surface area (Å²) >= 11 is 1.72. The fraction of sp³-hybridized carbons (Fsp3) is 0.769. The van der Waals surface area contributed by atoms with E-state index in [0.717, 1.165) is 30.4 Å². The van der Waals surface area contributed by atoms with Gasteiger partial charge < -0.3 is 10.1 Å². The minimum atomic E-state index is 0.430. The molecule has 0 radical (unpaired) electrons. The zero-order valence-electron chi connectivity index (χ0n) is 10.9. The van der Waals surface area contributed by atoms with Crippen molar-refractivity contribution in [2.24, 2.45) is 11.8 Å². The highest BCUT2D eigenvalue weighted by Crippen LogP contribution is 2.26. The molecule has 17 heavy (non-hydrogen) atoms. The fourth-order valence-electron chi connectivity index (χ4n) is 2.49. The Kier molecular flexibility index (Phi) is 4.54. The SMILES string of the molecule is Cc1nc(CNC[C@H]2CCO[C@@H]2C(C)C)cs1. The summed E-state index contributed by atoms with van der Waals surface area (Å²) in [6.07, 6.45) is 1.62. The number of thiazole rings is 1. The van der Waals surface area contributed by atoms with E-state index in [1.54, 1.807) is 11.3 Å². The predicted molar refractivity (Wildman–Crippen MR) is 71.2 cm³/mol. The van der Waals surface area contributed by atoms with Crippen LogP contribution in [0.15, 0.2) is 5.38 Å². The van der Waals surface area contributed by atoms with Gasteiger partial charge in [0.2, 0.25) is 0 Å². The maximum atomic E-state index is 5.78. The molecule has 0 unspecified atom stereocenters. The molecule has 0 aromatic carbocycles. The number of ether oxygens (including phenoxy) is 1. The topological polar surface area (TPSA) is 34.2 Å². The molecule has 4 heteroatoms. The zero-order valence-corrected chi connectivity index (χ0v) is 11.7. The van der Waals surface area contributed by atoms with Gasteiger partial charge in [-0.3, -0.25) is 0 Å². The molecule has 1 saturated heterocycles. The van der Waals surface area contributed by atoms with Crippen molar-refractivity contribution in [1.29, 1.82) is 0 Å². The monoisotopic (exact) mass is 254 g/mol. The second-order valence-corrected chi connectivity index (χ2v) is 6.18. The molecule has 2 rings (SSSR count). The van der Waals surface area contributed by atoms with Gasteiger partial charge in [0.05, 0.1) is 16.8 Å². The Labute approximate surface area is 108 Å². The summed E-state index contributed by atoms with van der Waals surface area (Å²) in [6, 6.07) is 0. The van der Waals surface area contributed by atoms with Gasteiger partial charge in [0.25, 0.3) is 0 Å². The zero-order chi connectivity index (χ0) is 12.3. The molecular formula is C13H22N2OS. The van der Waals surface area contributed by atoms with Gasteiger partial charge in [0, 0.05) is 25.1 Å². The molecule has 2 atom stereocenters. The van der Waals surface area contributed by atoms with Gasteiger partial charge in [-0.1, -0.05) is 13.8 Å². The van der Waals surface area contributed by atoms with Gasteiger partial charge >= 0.3 is 0 Å². The van der Waals surface area contributed by atoms with E-state index in [0.29, 0.717) is 17.9 Å². The summed E-state index contributed by atoms with van der Waals surface area (Å²) in [4.78, 5) is 4.45. The van der Waals surface area contributed by atoms with E-state index in [-0.39, 0.29) is 0 Å². The van der Waals surface area contributed by atoms with Gasteiger partial charge in [-0.25, -0.2) is 4.98 Å². The molecule has 1 aliphatic rings. The molecule has 1 N–H and O–H groups in total. The minimum Gasteiger partial charge on any atom is -0.378 e. The first-order chi connectivity index (χ1) is 8.16. The van der Waals surface area contributed by atoms with E-state index >= 15 is 0 Å². The molecule has 3 nitrogen and oxygen atoms in total. The van der Waals surface area contributed by atoms with Crippen molar-refractivity contribution >= 4 is 11.3 Å². The lowest BCUT2D eigenvalue weighted by atomic mass is 9.93. The highest BCUT2D eigenvalue weighted by Gasteiger charge is 2.30. The summed E-state index contributed by atoms with van der Waals surface area (Å²) in [6.45, 7) is 9.38. The van der Waals surface area contributed by atoms with E-state index in [4.69, 9.17) is 4.74 Å². The summed E-state index contributed by atoms with van der Waals surface area (Å²) < 4.78 is 5.78. The van der Waals surface area contributed by atoms with Crippen LogP contribution in [0.4, 0.5) is 0 Å². The maximum Gasteiger partial charge on any atom is 0.0897 e. The normalized spacial score (nSPS) is 24.7. The lowest BCUT2D eigenvalue weighted by Crippen LogP contribution is -2.31. The first-order valence-corrected chi connectivity index (χ1v) is 7.28. The number of nitrogens with one attached hydrogen (secondary N) is 1. The lowest BCUT2D eigenvalue weighted by Gasteiger charge is -2.22. The van der Waals surface area contributed by atoms with Crippen LogP contribution in [-0.4, -0.2) is 24.2 Å². The number of nitrogens with zero attached hydrogens (tertiary/aromatic N) is 1. The van der Waals surface area contributed by atoms with Crippen molar-refractivity contribution in [2.45, 2.75) is 39.8 Å². The van der Waals surface area contributed by atoms with Gasteiger partial charge in [-0.05, 0) is 25.2 Å². The molecule has 2 heterocycles. The van der Waals surface area contributed by atoms with Crippen molar-refractivity contribution in [2.75, 3.05) is 13.2 Å². The Bertz CT molecular complexity index is 351. The summed E-state index contributed by atoms with van der Waals surface area (Å²) in [5.41, 5.74) is 1.16. The Morgan fingerprint density at radius 1 is 1.59 bits per heavy atom. The standard InChI is InChI=1S/C13H22N2OS/c1-9(2)13-11(4-5-16-13)6-14-7-12-8-17-10(3)15-12/h8-9,11,13-14H,4-7H2,1-3H3/t11-,13-/m1/s1.